The summed E-state index contributed by atoms with van der Waals surface area (Å²) in [6.45, 7) is 1.01. The minimum atomic E-state index is -3.54. The van der Waals surface area contributed by atoms with Crippen molar-refractivity contribution in [3.63, 3.8) is 0 Å². The van der Waals surface area contributed by atoms with Gasteiger partial charge < -0.3 is 4.90 Å². The highest BCUT2D eigenvalue weighted by atomic mass is 32.2. The molecule has 1 aliphatic heterocycles. The van der Waals surface area contributed by atoms with Gasteiger partial charge in [-0.1, -0.05) is 6.07 Å². The summed E-state index contributed by atoms with van der Waals surface area (Å²) < 4.78 is 22.3. The highest BCUT2D eigenvalue weighted by molar-refractivity contribution is 7.89. The molecule has 0 radical (unpaired) electrons. The second-order valence-electron chi connectivity index (χ2n) is 5.87. The van der Waals surface area contributed by atoms with Gasteiger partial charge in [0.25, 0.3) is 0 Å². The molecular formula is C15H18N4O3S. The second kappa shape index (κ2) is 6.21. The topological polar surface area (TPSA) is 106 Å². The van der Waals surface area contributed by atoms with Gasteiger partial charge in [-0.25, -0.2) is 13.6 Å². The molecule has 1 saturated heterocycles. The third kappa shape index (κ3) is 4.02. The zero-order valence-electron chi connectivity index (χ0n) is 12.6. The van der Waals surface area contributed by atoms with Crippen LogP contribution in [-0.4, -0.2) is 48.0 Å². The van der Waals surface area contributed by atoms with Crippen LogP contribution in [0.15, 0.2) is 30.6 Å². The monoisotopic (exact) mass is 334 g/mol. The molecule has 0 bridgehead atoms. The number of hydrogen-bond donors (Lipinski definition) is 1. The van der Waals surface area contributed by atoms with E-state index in [1.807, 2.05) is 18.2 Å². The van der Waals surface area contributed by atoms with Crippen LogP contribution in [0, 0.1) is 5.92 Å². The summed E-state index contributed by atoms with van der Waals surface area (Å²) in [5.74, 6) is -0.361. The molecule has 0 aliphatic carbocycles. The van der Waals surface area contributed by atoms with E-state index in [4.69, 9.17) is 5.14 Å². The number of nitrogens with zero attached hydrogens (tertiary/aromatic N) is 3. The summed E-state index contributed by atoms with van der Waals surface area (Å²) in [6, 6.07) is 5.84. The van der Waals surface area contributed by atoms with Crippen LogP contribution in [-0.2, 0) is 21.2 Å². The molecule has 2 aromatic rings. The highest BCUT2D eigenvalue weighted by Crippen LogP contribution is 2.20. The predicted octanol–water partition coefficient (Wildman–Crippen LogP) is 0.309. The van der Waals surface area contributed by atoms with E-state index >= 15 is 0 Å². The van der Waals surface area contributed by atoms with Gasteiger partial charge in [-0.3, -0.25) is 14.8 Å². The average molecular weight is 334 g/mol. The van der Waals surface area contributed by atoms with Crippen LogP contribution in [0.25, 0.3) is 11.0 Å². The lowest BCUT2D eigenvalue weighted by molar-refractivity contribution is -0.127. The quantitative estimate of drug-likeness (QED) is 0.847. The Morgan fingerprint density at radius 2 is 1.96 bits per heavy atom. The highest BCUT2D eigenvalue weighted by Gasteiger charge is 2.31. The molecule has 1 amide bonds. The number of carbonyl (C=O) groups is 1. The molecule has 1 aliphatic rings. The zero-order valence-corrected chi connectivity index (χ0v) is 13.4. The SMILES string of the molecule is NS(=O)(=O)CC1CC(=O)N(CCc2ccc3nccnc3c2)C1. The molecule has 122 valence electrons. The molecule has 2 heterocycles. The normalized spacial score (nSPS) is 18.7. The first-order valence-corrected chi connectivity index (χ1v) is 9.10. The molecule has 1 aromatic heterocycles. The summed E-state index contributed by atoms with van der Waals surface area (Å²) in [5, 5.41) is 5.05. The lowest BCUT2D eigenvalue weighted by Crippen LogP contribution is -2.29. The van der Waals surface area contributed by atoms with Crippen molar-refractivity contribution in [2.24, 2.45) is 11.1 Å². The van der Waals surface area contributed by atoms with Gasteiger partial charge in [-0.05, 0) is 24.1 Å². The first-order chi connectivity index (χ1) is 10.9. The first-order valence-electron chi connectivity index (χ1n) is 7.38. The van der Waals surface area contributed by atoms with E-state index in [9.17, 15) is 13.2 Å². The minimum absolute atomic E-state index is 0.0146. The van der Waals surface area contributed by atoms with E-state index in [0.29, 0.717) is 19.5 Å². The summed E-state index contributed by atoms with van der Waals surface area (Å²) in [5.41, 5.74) is 2.73. The largest absolute Gasteiger partial charge is 0.342 e. The van der Waals surface area contributed by atoms with E-state index in [2.05, 4.69) is 9.97 Å². The number of aromatic nitrogens is 2. The third-order valence-corrected chi connectivity index (χ3v) is 4.90. The first kappa shape index (κ1) is 15.8. The van der Waals surface area contributed by atoms with Crippen molar-refractivity contribution >= 4 is 27.0 Å². The molecule has 0 saturated carbocycles. The van der Waals surface area contributed by atoms with Gasteiger partial charge in [-0.2, -0.15) is 0 Å². The number of hydrogen-bond acceptors (Lipinski definition) is 5. The maximum Gasteiger partial charge on any atom is 0.222 e. The average Bonchev–Trinajstić information content (AvgIpc) is 2.82. The molecule has 1 fully saturated rings. The number of nitrogens with two attached hydrogens (primary N) is 1. The number of rotatable bonds is 5. The molecule has 2 N–H and O–H groups in total. The van der Waals surface area contributed by atoms with Crippen LogP contribution < -0.4 is 5.14 Å². The number of amides is 1. The molecule has 23 heavy (non-hydrogen) atoms. The van der Waals surface area contributed by atoms with Crippen molar-refractivity contribution in [3.05, 3.63) is 36.2 Å². The Hall–Kier alpha value is -2.06. The Morgan fingerprint density at radius 1 is 1.22 bits per heavy atom. The van der Waals surface area contributed by atoms with E-state index in [1.54, 1.807) is 17.3 Å². The summed E-state index contributed by atoms with van der Waals surface area (Å²) in [7, 11) is -3.54. The van der Waals surface area contributed by atoms with Crippen molar-refractivity contribution in [2.75, 3.05) is 18.8 Å². The summed E-state index contributed by atoms with van der Waals surface area (Å²) in [4.78, 5) is 22.2. The lowest BCUT2D eigenvalue weighted by Gasteiger charge is -2.16. The molecular weight excluding hydrogens is 316 g/mol. The lowest BCUT2D eigenvalue weighted by atomic mass is 10.1. The van der Waals surface area contributed by atoms with E-state index in [1.165, 1.54) is 0 Å². The van der Waals surface area contributed by atoms with E-state index in [0.717, 1.165) is 16.6 Å². The molecule has 0 spiro atoms. The number of carbonyl (C=O) groups excluding carboxylic acids is 1. The minimum Gasteiger partial charge on any atom is -0.342 e. The van der Waals surface area contributed by atoms with Gasteiger partial charge in [-0.15, -0.1) is 0 Å². The molecule has 1 atom stereocenters. The fourth-order valence-corrected chi connectivity index (χ4v) is 3.82. The van der Waals surface area contributed by atoms with Crippen molar-refractivity contribution in [2.45, 2.75) is 12.8 Å². The standard InChI is InChI=1S/C15H18N4O3S/c16-23(21,22)10-12-8-15(20)19(9-12)6-3-11-1-2-13-14(7-11)18-5-4-17-13/h1-2,4-5,7,12H,3,6,8-10H2,(H2,16,21,22). The van der Waals surface area contributed by atoms with E-state index in [-0.39, 0.29) is 24.0 Å². The smallest absolute Gasteiger partial charge is 0.222 e. The maximum atomic E-state index is 12.0. The van der Waals surface area contributed by atoms with Crippen LogP contribution in [0.5, 0.6) is 0 Å². The zero-order chi connectivity index (χ0) is 16.4. The number of likely N-dealkylation sites (tertiary alicyclic amines) is 1. The van der Waals surface area contributed by atoms with Crippen LogP contribution in [0.3, 0.4) is 0 Å². The van der Waals surface area contributed by atoms with Crippen molar-refractivity contribution in [1.82, 2.24) is 14.9 Å². The molecule has 3 rings (SSSR count). The van der Waals surface area contributed by atoms with Crippen LogP contribution in [0.4, 0.5) is 0 Å². The van der Waals surface area contributed by atoms with Crippen molar-refractivity contribution in [1.29, 1.82) is 0 Å². The number of sulfonamides is 1. The number of primary sulfonamides is 1. The molecule has 1 aromatic carbocycles. The predicted molar refractivity (Wildman–Crippen MR) is 85.9 cm³/mol. The maximum absolute atomic E-state index is 12.0. The Morgan fingerprint density at radius 3 is 2.70 bits per heavy atom. The van der Waals surface area contributed by atoms with Gasteiger partial charge in [0.1, 0.15) is 0 Å². The van der Waals surface area contributed by atoms with Gasteiger partial charge in [0.05, 0.1) is 16.8 Å². The molecule has 1 unspecified atom stereocenters. The van der Waals surface area contributed by atoms with Gasteiger partial charge in [0.2, 0.25) is 15.9 Å². The molecule has 8 heteroatoms. The Bertz CT molecular complexity index is 837. The fourth-order valence-electron chi connectivity index (χ4n) is 2.94. The third-order valence-electron chi connectivity index (χ3n) is 3.97. The van der Waals surface area contributed by atoms with Gasteiger partial charge >= 0.3 is 0 Å². The van der Waals surface area contributed by atoms with Gasteiger partial charge in [0, 0.05) is 37.8 Å². The Balaban J connectivity index is 1.62. The Labute approximate surface area is 134 Å². The Kier molecular flexibility index (Phi) is 4.27. The fraction of sp³-hybridized carbons (Fsp3) is 0.400. The van der Waals surface area contributed by atoms with Crippen molar-refractivity contribution < 1.29 is 13.2 Å². The summed E-state index contributed by atoms with van der Waals surface area (Å²) >= 11 is 0. The molecule has 7 nitrogen and oxygen atoms in total. The van der Waals surface area contributed by atoms with Crippen LogP contribution >= 0.6 is 0 Å². The van der Waals surface area contributed by atoms with Crippen LogP contribution in [0.2, 0.25) is 0 Å². The van der Waals surface area contributed by atoms with Gasteiger partial charge in [0.15, 0.2) is 0 Å². The number of benzene rings is 1. The van der Waals surface area contributed by atoms with E-state index < -0.39 is 10.0 Å². The summed E-state index contributed by atoms with van der Waals surface area (Å²) in [6.07, 6.45) is 4.24. The van der Waals surface area contributed by atoms with Crippen molar-refractivity contribution in [3.8, 4) is 0 Å². The van der Waals surface area contributed by atoms with Crippen LogP contribution in [0.1, 0.15) is 12.0 Å². The number of fused-ring (bicyclic) bond motifs is 1. The second-order valence-corrected chi connectivity index (χ2v) is 7.53.